The summed E-state index contributed by atoms with van der Waals surface area (Å²) in [5.41, 5.74) is 0.804. The van der Waals surface area contributed by atoms with Gasteiger partial charge in [-0.05, 0) is 29.8 Å². The third kappa shape index (κ3) is 3.84. The van der Waals surface area contributed by atoms with Crippen LogP contribution in [0.1, 0.15) is 5.56 Å². The molecule has 176 valence electrons. The Hall–Kier alpha value is -3.30. The molecule has 1 saturated heterocycles. The molecule has 1 aliphatic rings. The molecule has 9 nitrogen and oxygen atoms in total. The molecule has 34 heavy (non-hydrogen) atoms. The summed E-state index contributed by atoms with van der Waals surface area (Å²) >= 11 is 12.3. The number of piperazine rings is 1. The van der Waals surface area contributed by atoms with Crippen LogP contribution in [0.3, 0.4) is 0 Å². The van der Waals surface area contributed by atoms with Crippen molar-refractivity contribution < 1.29 is 0 Å². The van der Waals surface area contributed by atoms with Gasteiger partial charge >= 0.3 is 5.69 Å². The molecule has 0 aliphatic carbocycles. The Kier molecular flexibility index (Phi) is 5.83. The van der Waals surface area contributed by atoms with Crippen LogP contribution in [0.2, 0.25) is 10.0 Å². The van der Waals surface area contributed by atoms with E-state index >= 15 is 0 Å². The summed E-state index contributed by atoms with van der Waals surface area (Å²) in [7, 11) is 3.11. The van der Waals surface area contributed by atoms with Gasteiger partial charge in [0.05, 0.1) is 16.6 Å². The molecule has 0 saturated carbocycles. The molecule has 0 spiro atoms. The lowest BCUT2D eigenvalue weighted by Crippen LogP contribution is -2.47. The number of pyridine rings is 1. The maximum Gasteiger partial charge on any atom is 0.332 e. The number of fused-ring (bicyclic) bond motifs is 1. The van der Waals surface area contributed by atoms with E-state index in [1.54, 1.807) is 25.4 Å². The van der Waals surface area contributed by atoms with Crippen LogP contribution in [-0.4, -0.2) is 49.8 Å². The van der Waals surface area contributed by atoms with Crippen molar-refractivity contribution in [1.29, 1.82) is 0 Å². The standard InChI is InChI=1S/C23H23Cl2N7O2/c1-28-20-19(21(33)29(2)23(28)34)32(14-15-6-7-16(24)17(25)13-15)22(27-20)31-11-9-30(10-12-31)18-5-3-4-8-26-18/h3-8,13H,9-12,14H2,1-2H3. The second kappa shape index (κ2) is 8.81. The summed E-state index contributed by atoms with van der Waals surface area (Å²) in [6.45, 7) is 3.25. The maximum absolute atomic E-state index is 13.2. The van der Waals surface area contributed by atoms with Crippen LogP contribution >= 0.6 is 23.2 Å². The summed E-state index contributed by atoms with van der Waals surface area (Å²) in [5.74, 6) is 1.57. The number of anilines is 2. The Bertz CT molecular complexity index is 1490. The first-order chi connectivity index (χ1) is 16.3. The SMILES string of the molecule is Cn1c(=O)c2c(nc(N3CCN(c4ccccn4)CC3)n2Cc2ccc(Cl)c(Cl)c2)n(C)c1=O. The van der Waals surface area contributed by atoms with Crippen molar-refractivity contribution in [3.05, 3.63) is 79.0 Å². The van der Waals surface area contributed by atoms with E-state index < -0.39 is 5.69 Å². The van der Waals surface area contributed by atoms with Gasteiger partial charge in [-0.3, -0.25) is 18.5 Å². The average Bonchev–Trinajstić information content (AvgIpc) is 3.23. The maximum atomic E-state index is 13.2. The zero-order valence-electron chi connectivity index (χ0n) is 18.8. The highest BCUT2D eigenvalue weighted by atomic mass is 35.5. The van der Waals surface area contributed by atoms with Crippen molar-refractivity contribution in [2.75, 3.05) is 36.0 Å². The largest absolute Gasteiger partial charge is 0.353 e. The van der Waals surface area contributed by atoms with E-state index in [4.69, 9.17) is 28.2 Å². The zero-order chi connectivity index (χ0) is 24.0. The number of aryl methyl sites for hydroxylation is 1. The van der Waals surface area contributed by atoms with Gasteiger partial charge in [0.25, 0.3) is 5.56 Å². The zero-order valence-corrected chi connectivity index (χ0v) is 20.3. The molecular formula is C23H23Cl2N7O2. The number of halogens is 2. The smallest absolute Gasteiger partial charge is 0.332 e. The Morgan fingerprint density at radius 1 is 0.912 bits per heavy atom. The van der Waals surface area contributed by atoms with E-state index in [1.165, 1.54) is 11.6 Å². The van der Waals surface area contributed by atoms with E-state index in [2.05, 4.69) is 14.8 Å². The molecule has 5 rings (SSSR count). The fourth-order valence-electron chi connectivity index (χ4n) is 4.32. The van der Waals surface area contributed by atoms with Crippen LogP contribution in [0, 0.1) is 0 Å². The summed E-state index contributed by atoms with van der Waals surface area (Å²) in [6, 6.07) is 11.3. The quantitative estimate of drug-likeness (QED) is 0.429. The molecule has 3 aromatic heterocycles. The minimum absolute atomic E-state index is 0.357. The molecule has 0 N–H and O–H groups in total. The Labute approximate surface area is 205 Å². The first-order valence-electron chi connectivity index (χ1n) is 10.9. The molecule has 4 aromatic rings. The number of rotatable bonds is 4. The van der Waals surface area contributed by atoms with Gasteiger partial charge in [0.15, 0.2) is 11.2 Å². The molecule has 11 heteroatoms. The third-order valence-corrected chi connectivity index (χ3v) is 6.93. The lowest BCUT2D eigenvalue weighted by atomic mass is 10.2. The Balaban J connectivity index is 1.58. The first kappa shape index (κ1) is 22.5. The lowest BCUT2D eigenvalue weighted by molar-refractivity contribution is 0.620. The Morgan fingerprint density at radius 2 is 1.65 bits per heavy atom. The predicted molar refractivity (Wildman–Crippen MR) is 134 cm³/mol. The molecule has 0 amide bonds. The summed E-state index contributed by atoms with van der Waals surface area (Å²) < 4.78 is 4.39. The van der Waals surface area contributed by atoms with Crippen molar-refractivity contribution >= 4 is 46.1 Å². The summed E-state index contributed by atoms with van der Waals surface area (Å²) in [6.07, 6.45) is 1.79. The van der Waals surface area contributed by atoms with Gasteiger partial charge in [-0.2, -0.15) is 4.98 Å². The highest BCUT2D eigenvalue weighted by Crippen LogP contribution is 2.27. The minimum atomic E-state index is -0.414. The third-order valence-electron chi connectivity index (χ3n) is 6.19. The predicted octanol–water partition coefficient (Wildman–Crippen LogP) is 2.51. The minimum Gasteiger partial charge on any atom is -0.353 e. The van der Waals surface area contributed by atoms with Crippen LogP contribution in [0.25, 0.3) is 11.2 Å². The van der Waals surface area contributed by atoms with E-state index in [0.717, 1.165) is 29.0 Å². The van der Waals surface area contributed by atoms with Crippen LogP contribution in [-0.2, 0) is 20.6 Å². The number of benzene rings is 1. The van der Waals surface area contributed by atoms with Gasteiger partial charge in [-0.1, -0.05) is 35.3 Å². The van der Waals surface area contributed by atoms with Gasteiger partial charge in [0, 0.05) is 46.5 Å². The highest BCUT2D eigenvalue weighted by molar-refractivity contribution is 6.42. The lowest BCUT2D eigenvalue weighted by Gasteiger charge is -2.36. The second-order valence-corrected chi connectivity index (χ2v) is 9.10. The number of imidazole rings is 1. The van der Waals surface area contributed by atoms with Crippen LogP contribution < -0.4 is 21.0 Å². The number of nitrogens with zero attached hydrogens (tertiary/aromatic N) is 7. The van der Waals surface area contributed by atoms with Gasteiger partial charge in [-0.25, -0.2) is 9.78 Å². The normalized spacial score (nSPS) is 14.2. The van der Waals surface area contributed by atoms with E-state index in [9.17, 15) is 9.59 Å². The molecule has 0 unspecified atom stereocenters. The van der Waals surface area contributed by atoms with Gasteiger partial charge in [0.2, 0.25) is 5.95 Å². The molecule has 4 heterocycles. The molecule has 0 bridgehead atoms. The fourth-order valence-corrected chi connectivity index (χ4v) is 4.64. The van der Waals surface area contributed by atoms with Crippen molar-refractivity contribution in [1.82, 2.24) is 23.7 Å². The van der Waals surface area contributed by atoms with Crippen molar-refractivity contribution in [2.24, 2.45) is 14.1 Å². The molecule has 0 radical (unpaired) electrons. The van der Waals surface area contributed by atoms with Crippen LogP contribution in [0.15, 0.2) is 52.2 Å². The highest BCUT2D eigenvalue weighted by Gasteiger charge is 2.26. The number of hydrogen-bond donors (Lipinski definition) is 0. The molecule has 0 atom stereocenters. The van der Waals surface area contributed by atoms with Gasteiger partial charge in [-0.15, -0.1) is 0 Å². The van der Waals surface area contributed by atoms with E-state index in [0.29, 0.717) is 46.8 Å². The molecular weight excluding hydrogens is 477 g/mol. The van der Waals surface area contributed by atoms with Crippen molar-refractivity contribution in [3.8, 4) is 0 Å². The van der Waals surface area contributed by atoms with Gasteiger partial charge in [0.1, 0.15) is 5.82 Å². The number of aromatic nitrogens is 5. The van der Waals surface area contributed by atoms with Crippen LogP contribution in [0.4, 0.5) is 11.8 Å². The number of hydrogen-bond acceptors (Lipinski definition) is 6. The topological polar surface area (TPSA) is 81.2 Å². The van der Waals surface area contributed by atoms with Crippen molar-refractivity contribution in [3.63, 3.8) is 0 Å². The van der Waals surface area contributed by atoms with E-state index in [-0.39, 0.29) is 5.56 Å². The first-order valence-corrected chi connectivity index (χ1v) is 11.6. The molecule has 1 aliphatic heterocycles. The monoisotopic (exact) mass is 499 g/mol. The molecule has 1 aromatic carbocycles. The summed E-state index contributed by atoms with van der Waals surface area (Å²) in [4.78, 5) is 39.3. The average molecular weight is 500 g/mol. The van der Waals surface area contributed by atoms with E-state index in [1.807, 2.05) is 28.8 Å². The van der Waals surface area contributed by atoms with Crippen molar-refractivity contribution in [2.45, 2.75) is 6.54 Å². The van der Waals surface area contributed by atoms with Gasteiger partial charge < -0.3 is 9.80 Å². The van der Waals surface area contributed by atoms with Crippen LogP contribution in [0.5, 0.6) is 0 Å². The summed E-state index contributed by atoms with van der Waals surface area (Å²) in [5, 5.41) is 0.902. The fraction of sp³-hybridized carbons (Fsp3) is 0.304. The Morgan fingerprint density at radius 3 is 2.32 bits per heavy atom. The second-order valence-electron chi connectivity index (χ2n) is 8.29. The molecule has 1 fully saturated rings.